The number of thiophene rings is 1. The molecule has 1 aliphatic rings. The minimum atomic E-state index is -0.382. The van der Waals surface area contributed by atoms with Gasteiger partial charge in [-0.2, -0.15) is 0 Å². The van der Waals surface area contributed by atoms with Crippen molar-refractivity contribution in [3.8, 4) is 0 Å². The molecule has 4 rings (SSSR count). The second-order valence-corrected chi connectivity index (χ2v) is 9.27. The van der Waals surface area contributed by atoms with Crippen LogP contribution >= 0.6 is 22.9 Å². The summed E-state index contributed by atoms with van der Waals surface area (Å²) in [4.78, 5) is 37.2. The first-order chi connectivity index (χ1) is 15.5. The van der Waals surface area contributed by atoms with Crippen LogP contribution in [-0.2, 0) is 16.1 Å². The first-order valence-corrected chi connectivity index (χ1v) is 11.7. The van der Waals surface area contributed by atoms with Crippen molar-refractivity contribution in [3.63, 3.8) is 0 Å². The molecule has 2 atom stereocenters. The highest BCUT2D eigenvalue weighted by atomic mass is 35.5. The molecule has 1 unspecified atom stereocenters. The number of nitrogens with zero attached hydrogens (tertiary/aromatic N) is 4. The molecule has 0 aliphatic carbocycles. The van der Waals surface area contributed by atoms with E-state index in [-0.39, 0.29) is 18.0 Å². The standard InChI is InChI=1S/C23H24ClN5O2S/c1-2-19-20(12-30)28(11-15-3-5-17-18(9-15)26-14-27-23(17)25)7-8-29(19)22(31)6-4-16-10-21(24)32-13-16/h3-6,9-10,12-14,19-20H,2,7-8,11H2,1H3,(H2,25,26,27)/t19-,20?/m0/s1. The fourth-order valence-corrected chi connectivity index (χ4v) is 5.06. The van der Waals surface area contributed by atoms with Gasteiger partial charge in [0.15, 0.2) is 0 Å². The molecular weight excluding hydrogens is 446 g/mol. The Balaban J connectivity index is 1.50. The van der Waals surface area contributed by atoms with Crippen LogP contribution < -0.4 is 5.73 Å². The number of amides is 1. The van der Waals surface area contributed by atoms with Crippen LogP contribution in [0.2, 0.25) is 4.34 Å². The van der Waals surface area contributed by atoms with Gasteiger partial charge < -0.3 is 15.4 Å². The largest absolute Gasteiger partial charge is 0.383 e. The van der Waals surface area contributed by atoms with E-state index < -0.39 is 0 Å². The minimum absolute atomic E-state index is 0.0939. The fourth-order valence-electron chi connectivity index (χ4n) is 4.21. The topological polar surface area (TPSA) is 92.4 Å². The van der Waals surface area contributed by atoms with E-state index in [1.54, 1.807) is 17.1 Å². The Morgan fingerprint density at radius 2 is 2.16 bits per heavy atom. The number of aromatic nitrogens is 2. The molecule has 0 bridgehead atoms. The van der Waals surface area contributed by atoms with E-state index in [1.807, 2.05) is 36.6 Å². The van der Waals surface area contributed by atoms with Crippen LogP contribution in [0.1, 0.15) is 24.5 Å². The van der Waals surface area contributed by atoms with E-state index in [1.165, 1.54) is 17.7 Å². The summed E-state index contributed by atoms with van der Waals surface area (Å²) in [7, 11) is 0. The summed E-state index contributed by atoms with van der Waals surface area (Å²) in [6, 6.07) is 7.12. The normalized spacial score (nSPS) is 19.6. The predicted octanol–water partition coefficient (Wildman–Crippen LogP) is 3.63. The Labute approximate surface area is 195 Å². The van der Waals surface area contributed by atoms with E-state index in [0.29, 0.717) is 36.2 Å². The molecule has 9 heteroatoms. The number of benzene rings is 1. The number of hydrogen-bond donors (Lipinski definition) is 1. The Morgan fingerprint density at radius 3 is 2.88 bits per heavy atom. The first kappa shape index (κ1) is 22.4. The molecule has 1 aromatic carbocycles. The van der Waals surface area contributed by atoms with Crippen LogP contribution in [0.4, 0.5) is 5.82 Å². The third-order valence-electron chi connectivity index (χ3n) is 5.81. The zero-order valence-corrected chi connectivity index (χ0v) is 19.2. The number of anilines is 1. The second kappa shape index (κ2) is 9.77. The highest BCUT2D eigenvalue weighted by molar-refractivity contribution is 7.14. The van der Waals surface area contributed by atoms with Crippen LogP contribution in [-0.4, -0.2) is 57.1 Å². The maximum Gasteiger partial charge on any atom is 0.246 e. The lowest BCUT2D eigenvalue weighted by molar-refractivity contribution is -0.135. The number of halogens is 1. The summed E-state index contributed by atoms with van der Waals surface area (Å²) in [5.41, 5.74) is 8.62. The SMILES string of the molecule is CC[C@H]1C(C=O)N(Cc2ccc3c(N)ncnc3c2)CCN1C(=O)C=Cc1csc(Cl)c1. The van der Waals surface area contributed by atoms with Gasteiger partial charge in [0.05, 0.1) is 21.9 Å². The van der Waals surface area contributed by atoms with E-state index in [9.17, 15) is 9.59 Å². The van der Waals surface area contributed by atoms with Crippen molar-refractivity contribution in [2.45, 2.75) is 32.0 Å². The molecule has 2 aromatic heterocycles. The number of piperazine rings is 1. The maximum absolute atomic E-state index is 12.9. The Kier molecular flexibility index (Phi) is 6.83. The van der Waals surface area contributed by atoms with Gasteiger partial charge in [0.2, 0.25) is 5.91 Å². The molecule has 0 radical (unpaired) electrons. The highest BCUT2D eigenvalue weighted by Gasteiger charge is 2.37. The molecule has 3 heterocycles. The van der Waals surface area contributed by atoms with Crippen LogP contribution in [0.15, 0.2) is 42.0 Å². The summed E-state index contributed by atoms with van der Waals surface area (Å²) in [6.07, 6.45) is 6.42. The number of aldehydes is 1. The van der Waals surface area contributed by atoms with E-state index in [0.717, 1.165) is 28.3 Å². The molecule has 1 aliphatic heterocycles. The molecule has 1 saturated heterocycles. The van der Waals surface area contributed by atoms with Crippen molar-refractivity contribution < 1.29 is 9.59 Å². The first-order valence-electron chi connectivity index (χ1n) is 10.4. The van der Waals surface area contributed by atoms with Crippen molar-refractivity contribution in [2.24, 2.45) is 0 Å². The lowest BCUT2D eigenvalue weighted by atomic mass is 9.98. The highest BCUT2D eigenvalue weighted by Crippen LogP contribution is 2.25. The molecule has 32 heavy (non-hydrogen) atoms. The average molecular weight is 470 g/mol. The number of carbonyl (C=O) groups is 2. The van der Waals surface area contributed by atoms with Crippen molar-refractivity contribution in [1.82, 2.24) is 19.8 Å². The Bertz CT molecular complexity index is 1160. The van der Waals surface area contributed by atoms with Gasteiger partial charge in [-0.15, -0.1) is 11.3 Å². The Hall–Kier alpha value is -2.81. The number of hydrogen-bond acceptors (Lipinski definition) is 7. The lowest BCUT2D eigenvalue weighted by Gasteiger charge is -2.45. The molecule has 3 aromatic rings. The molecule has 1 amide bonds. The molecule has 7 nitrogen and oxygen atoms in total. The van der Waals surface area contributed by atoms with E-state index in [4.69, 9.17) is 17.3 Å². The van der Waals surface area contributed by atoms with Gasteiger partial charge in [-0.05, 0) is 47.2 Å². The molecule has 1 fully saturated rings. The third-order valence-corrected chi connectivity index (χ3v) is 6.92. The minimum Gasteiger partial charge on any atom is -0.383 e. The van der Waals surface area contributed by atoms with E-state index >= 15 is 0 Å². The third kappa shape index (κ3) is 4.67. The van der Waals surface area contributed by atoms with Crippen LogP contribution in [0.3, 0.4) is 0 Å². The number of rotatable bonds is 6. The number of nitrogens with two attached hydrogens (primary N) is 1. The summed E-state index contributed by atoms with van der Waals surface area (Å²) in [5.74, 6) is 0.354. The van der Waals surface area contributed by atoms with Gasteiger partial charge >= 0.3 is 0 Å². The van der Waals surface area contributed by atoms with Crippen LogP contribution in [0.5, 0.6) is 0 Å². The summed E-state index contributed by atoms with van der Waals surface area (Å²) >= 11 is 7.39. The van der Waals surface area contributed by atoms with Crippen molar-refractivity contribution in [3.05, 3.63) is 57.5 Å². The van der Waals surface area contributed by atoms with Gasteiger partial charge in [-0.3, -0.25) is 9.69 Å². The quantitative estimate of drug-likeness (QED) is 0.437. The molecule has 0 saturated carbocycles. The zero-order valence-electron chi connectivity index (χ0n) is 17.6. The number of nitrogen functional groups attached to an aromatic ring is 1. The van der Waals surface area contributed by atoms with Crippen molar-refractivity contribution >= 4 is 57.9 Å². The molecule has 2 N–H and O–H groups in total. The van der Waals surface area contributed by atoms with Crippen molar-refractivity contribution in [2.75, 3.05) is 18.8 Å². The summed E-state index contributed by atoms with van der Waals surface area (Å²) < 4.78 is 0.681. The predicted molar refractivity (Wildman–Crippen MR) is 128 cm³/mol. The summed E-state index contributed by atoms with van der Waals surface area (Å²) in [5, 5.41) is 2.71. The fraction of sp³-hybridized carbons (Fsp3) is 0.304. The van der Waals surface area contributed by atoms with Gasteiger partial charge in [-0.25, -0.2) is 9.97 Å². The zero-order chi connectivity index (χ0) is 22.7. The van der Waals surface area contributed by atoms with Crippen LogP contribution in [0, 0.1) is 0 Å². The van der Waals surface area contributed by atoms with Gasteiger partial charge in [0.25, 0.3) is 0 Å². The van der Waals surface area contributed by atoms with Gasteiger partial charge in [-0.1, -0.05) is 24.6 Å². The molecule has 0 spiro atoms. The van der Waals surface area contributed by atoms with E-state index in [2.05, 4.69) is 14.9 Å². The lowest BCUT2D eigenvalue weighted by Crippen LogP contribution is -2.60. The maximum atomic E-state index is 12.9. The van der Waals surface area contributed by atoms with Gasteiger partial charge in [0, 0.05) is 31.1 Å². The van der Waals surface area contributed by atoms with Crippen LogP contribution in [0.25, 0.3) is 17.0 Å². The number of carbonyl (C=O) groups excluding carboxylic acids is 2. The molecular formula is C23H24ClN5O2S. The van der Waals surface area contributed by atoms with Crippen molar-refractivity contribution in [1.29, 1.82) is 0 Å². The molecule has 166 valence electrons. The monoisotopic (exact) mass is 469 g/mol. The Morgan fingerprint density at radius 1 is 1.31 bits per heavy atom. The smallest absolute Gasteiger partial charge is 0.246 e. The average Bonchev–Trinajstić information content (AvgIpc) is 3.22. The second-order valence-electron chi connectivity index (χ2n) is 7.73. The van der Waals surface area contributed by atoms with Gasteiger partial charge in [0.1, 0.15) is 18.4 Å². The number of fused-ring (bicyclic) bond motifs is 1. The summed E-state index contributed by atoms with van der Waals surface area (Å²) in [6.45, 7) is 3.75.